The minimum atomic E-state index is -0.794. The van der Waals surface area contributed by atoms with Crippen molar-refractivity contribution < 1.29 is 24.2 Å². The number of aliphatic hydroxyl groups is 1. The zero-order chi connectivity index (χ0) is 26.5. The fourth-order valence-corrected chi connectivity index (χ4v) is 4.41. The Morgan fingerprint density at radius 1 is 1.03 bits per heavy atom. The second-order valence-electron chi connectivity index (χ2n) is 8.80. The maximum atomic E-state index is 13.4. The van der Waals surface area contributed by atoms with Crippen molar-refractivity contribution in [2.24, 2.45) is 0 Å². The van der Waals surface area contributed by atoms with Crippen LogP contribution in [-0.4, -0.2) is 54.0 Å². The molecule has 8 nitrogen and oxygen atoms in total. The summed E-state index contributed by atoms with van der Waals surface area (Å²) in [6, 6.07) is 15.4. The van der Waals surface area contributed by atoms with E-state index in [1.54, 1.807) is 36.7 Å². The van der Waals surface area contributed by atoms with Gasteiger partial charge in [-0.3, -0.25) is 14.6 Å². The second-order valence-corrected chi connectivity index (χ2v) is 8.80. The van der Waals surface area contributed by atoms with Crippen LogP contribution in [0.4, 0.5) is 5.69 Å². The summed E-state index contributed by atoms with van der Waals surface area (Å²) in [5.41, 5.74) is 2.78. The summed E-state index contributed by atoms with van der Waals surface area (Å²) in [5, 5.41) is 11.5. The first-order valence-electron chi connectivity index (χ1n) is 12.2. The van der Waals surface area contributed by atoms with E-state index in [2.05, 4.69) is 4.98 Å². The largest absolute Gasteiger partial charge is 0.507 e. The lowest BCUT2D eigenvalue weighted by Gasteiger charge is -2.26. The van der Waals surface area contributed by atoms with Gasteiger partial charge in [0.1, 0.15) is 17.3 Å². The van der Waals surface area contributed by atoms with Crippen LogP contribution in [0.15, 0.2) is 72.6 Å². The summed E-state index contributed by atoms with van der Waals surface area (Å²) in [6.45, 7) is 4.69. The van der Waals surface area contributed by atoms with Crippen LogP contribution < -0.4 is 14.4 Å². The van der Waals surface area contributed by atoms with E-state index in [9.17, 15) is 14.7 Å². The maximum absolute atomic E-state index is 13.4. The van der Waals surface area contributed by atoms with Crippen LogP contribution in [0.2, 0.25) is 0 Å². The highest BCUT2D eigenvalue weighted by Crippen LogP contribution is 2.42. The molecule has 192 valence electrons. The number of hydrogen-bond acceptors (Lipinski definition) is 7. The summed E-state index contributed by atoms with van der Waals surface area (Å²) in [6.07, 6.45) is 3.31. The number of carbonyl (C=O) groups excluding carboxylic acids is 2. The van der Waals surface area contributed by atoms with E-state index in [0.29, 0.717) is 35.8 Å². The number of ketones is 1. The number of rotatable bonds is 9. The average Bonchev–Trinajstić information content (AvgIpc) is 3.14. The number of hydrogen-bond donors (Lipinski definition) is 1. The van der Waals surface area contributed by atoms with Crippen molar-refractivity contribution in [1.29, 1.82) is 0 Å². The van der Waals surface area contributed by atoms with E-state index < -0.39 is 17.7 Å². The van der Waals surface area contributed by atoms with Gasteiger partial charge in [-0.15, -0.1) is 0 Å². The zero-order valence-electron chi connectivity index (χ0n) is 21.5. The lowest BCUT2D eigenvalue weighted by atomic mass is 9.94. The first-order valence-corrected chi connectivity index (χ1v) is 12.2. The Morgan fingerprint density at radius 2 is 1.76 bits per heavy atom. The van der Waals surface area contributed by atoms with Crippen molar-refractivity contribution in [3.63, 3.8) is 0 Å². The highest BCUT2D eigenvalue weighted by atomic mass is 16.5. The highest BCUT2D eigenvalue weighted by Gasteiger charge is 2.46. The van der Waals surface area contributed by atoms with E-state index in [4.69, 9.17) is 9.47 Å². The SMILES string of the molecule is CCOc1ccc(/C(O)=C2/C(=O)C(=O)N(Cc3cccnc3)C2c2ccc(N(C)C)cc2)c(OCC)c1. The third-order valence-electron chi connectivity index (χ3n) is 6.16. The third-order valence-corrected chi connectivity index (χ3v) is 6.16. The summed E-state index contributed by atoms with van der Waals surface area (Å²) in [5.74, 6) is -0.780. The summed E-state index contributed by atoms with van der Waals surface area (Å²) in [4.78, 5) is 34.3. The average molecular weight is 502 g/mol. The van der Waals surface area contributed by atoms with Crippen LogP contribution >= 0.6 is 0 Å². The van der Waals surface area contributed by atoms with Crippen molar-refractivity contribution in [3.8, 4) is 11.5 Å². The number of ether oxygens (including phenoxy) is 2. The lowest BCUT2D eigenvalue weighted by Crippen LogP contribution is -2.29. The number of carbonyl (C=O) groups is 2. The Balaban J connectivity index is 1.87. The number of likely N-dealkylation sites (tertiary alicyclic amines) is 1. The quantitative estimate of drug-likeness (QED) is 0.261. The minimum Gasteiger partial charge on any atom is -0.507 e. The summed E-state index contributed by atoms with van der Waals surface area (Å²) < 4.78 is 11.4. The van der Waals surface area contributed by atoms with Gasteiger partial charge in [-0.25, -0.2) is 0 Å². The number of benzene rings is 2. The fourth-order valence-electron chi connectivity index (χ4n) is 4.41. The normalized spacial score (nSPS) is 16.6. The van der Waals surface area contributed by atoms with Crippen LogP contribution in [0.5, 0.6) is 11.5 Å². The molecule has 37 heavy (non-hydrogen) atoms. The number of amides is 1. The van der Waals surface area contributed by atoms with E-state index in [1.807, 2.05) is 63.2 Å². The van der Waals surface area contributed by atoms with Gasteiger partial charge in [0.05, 0.1) is 30.4 Å². The molecule has 0 bridgehead atoms. The maximum Gasteiger partial charge on any atom is 0.295 e. The molecular formula is C29H31N3O5. The number of aromatic nitrogens is 1. The van der Waals surface area contributed by atoms with E-state index in [-0.39, 0.29) is 17.9 Å². The standard InChI is InChI=1S/C29H31N3O5/c1-5-36-22-13-14-23(24(16-22)37-6-2)27(33)25-26(20-9-11-21(12-10-20)31(3)4)32(29(35)28(25)34)18-19-8-7-15-30-17-19/h7-17,26,33H,5-6,18H2,1-4H3/b27-25-. The third kappa shape index (κ3) is 5.28. The molecule has 1 N–H and O–H groups in total. The molecular weight excluding hydrogens is 470 g/mol. The molecule has 1 aromatic heterocycles. The Morgan fingerprint density at radius 3 is 2.38 bits per heavy atom. The van der Waals surface area contributed by atoms with Gasteiger partial charge >= 0.3 is 0 Å². The van der Waals surface area contributed by atoms with Gasteiger partial charge in [0.2, 0.25) is 0 Å². The number of nitrogens with zero attached hydrogens (tertiary/aromatic N) is 3. The van der Waals surface area contributed by atoms with Crippen LogP contribution in [0.1, 0.15) is 36.6 Å². The van der Waals surface area contributed by atoms with Gasteiger partial charge in [-0.1, -0.05) is 18.2 Å². The van der Waals surface area contributed by atoms with Crippen molar-refractivity contribution in [1.82, 2.24) is 9.88 Å². The van der Waals surface area contributed by atoms with Crippen LogP contribution in [0.3, 0.4) is 0 Å². The van der Waals surface area contributed by atoms with Crippen molar-refractivity contribution in [2.45, 2.75) is 26.4 Å². The van der Waals surface area contributed by atoms with E-state index in [1.165, 1.54) is 4.90 Å². The molecule has 1 atom stereocenters. The molecule has 2 aromatic carbocycles. The van der Waals surface area contributed by atoms with Gasteiger partial charge < -0.3 is 24.4 Å². The Hall–Kier alpha value is -4.33. The smallest absolute Gasteiger partial charge is 0.295 e. The zero-order valence-corrected chi connectivity index (χ0v) is 21.5. The molecule has 8 heteroatoms. The van der Waals surface area contributed by atoms with Crippen molar-refractivity contribution >= 4 is 23.1 Å². The Labute approximate surface area is 216 Å². The molecule has 1 saturated heterocycles. The predicted molar refractivity (Wildman–Crippen MR) is 142 cm³/mol. The molecule has 4 rings (SSSR count). The molecule has 0 aliphatic carbocycles. The van der Waals surface area contributed by atoms with Gasteiger partial charge in [0.15, 0.2) is 0 Å². The van der Waals surface area contributed by atoms with Gasteiger partial charge in [-0.2, -0.15) is 0 Å². The molecule has 0 spiro atoms. The molecule has 1 aliphatic rings. The van der Waals surface area contributed by atoms with E-state index in [0.717, 1.165) is 11.3 Å². The molecule has 1 amide bonds. The van der Waals surface area contributed by atoms with Gasteiger partial charge in [0, 0.05) is 44.8 Å². The minimum absolute atomic E-state index is 0.0107. The second kappa shape index (κ2) is 11.2. The Bertz CT molecular complexity index is 1300. The van der Waals surface area contributed by atoms with Crippen molar-refractivity contribution in [3.05, 3.63) is 89.3 Å². The highest BCUT2D eigenvalue weighted by molar-refractivity contribution is 6.46. The number of anilines is 1. The molecule has 2 heterocycles. The summed E-state index contributed by atoms with van der Waals surface area (Å²) >= 11 is 0. The molecule has 1 unspecified atom stereocenters. The number of Topliss-reactive ketones (excluding diaryl/α,β-unsaturated/α-hetero) is 1. The predicted octanol–water partition coefficient (Wildman–Crippen LogP) is 4.57. The molecule has 0 saturated carbocycles. The van der Waals surface area contributed by atoms with Crippen LogP contribution in [-0.2, 0) is 16.1 Å². The molecule has 3 aromatic rings. The molecule has 1 fully saturated rings. The first kappa shape index (κ1) is 25.8. The van der Waals surface area contributed by atoms with Crippen LogP contribution in [0.25, 0.3) is 5.76 Å². The van der Waals surface area contributed by atoms with Gasteiger partial charge in [0.25, 0.3) is 11.7 Å². The topological polar surface area (TPSA) is 92.2 Å². The first-order chi connectivity index (χ1) is 17.8. The Kier molecular flexibility index (Phi) is 7.77. The van der Waals surface area contributed by atoms with Crippen molar-refractivity contribution in [2.75, 3.05) is 32.2 Å². The number of aliphatic hydroxyl groups excluding tert-OH is 1. The molecule has 1 aliphatic heterocycles. The van der Waals surface area contributed by atoms with E-state index >= 15 is 0 Å². The summed E-state index contributed by atoms with van der Waals surface area (Å²) in [7, 11) is 3.87. The monoisotopic (exact) mass is 501 g/mol. The van der Waals surface area contributed by atoms with Crippen LogP contribution in [0, 0.1) is 0 Å². The lowest BCUT2D eigenvalue weighted by molar-refractivity contribution is -0.140. The molecule has 0 radical (unpaired) electrons. The number of pyridine rings is 1. The van der Waals surface area contributed by atoms with Gasteiger partial charge in [-0.05, 0) is 55.3 Å². The fraction of sp³-hybridized carbons (Fsp3) is 0.276.